The molecule has 4 heterocycles. The molecule has 2 saturated heterocycles. The molecule has 0 atom stereocenters. The fourth-order valence-electron chi connectivity index (χ4n) is 4.40. The normalized spacial score (nSPS) is 16.6. The van der Waals surface area contributed by atoms with Crippen molar-refractivity contribution in [2.75, 3.05) is 39.3 Å². The van der Waals surface area contributed by atoms with E-state index in [4.69, 9.17) is 11.6 Å². The van der Waals surface area contributed by atoms with E-state index in [9.17, 15) is 14.4 Å². The second-order valence-corrected chi connectivity index (χ2v) is 9.80. The number of hydrogen-bond donors (Lipinski definition) is 0. The Bertz CT molecular complexity index is 1240. The molecule has 0 N–H and O–H groups in total. The van der Waals surface area contributed by atoms with E-state index in [2.05, 4.69) is 5.10 Å². The second kappa shape index (κ2) is 8.79. The van der Waals surface area contributed by atoms with Gasteiger partial charge in [0.1, 0.15) is 4.83 Å². The molecule has 0 radical (unpaired) electrons. The SMILES string of the molecule is Cc1nn(-c2ccccc2Cl)c2sc(C(=O)N3CCN(C(=O)C(=O)N4CCCC4)CC3)cc12. The van der Waals surface area contributed by atoms with Gasteiger partial charge in [-0.15, -0.1) is 11.3 Å². The third-order valence-electron chi connectivity index (χ3n) is 6.27. The number of halogens is 1. The molecule has 0 aliphatic carbocycles. The summed E-state index contributed by atoms with van der Waals surface area (Å²) in [5, 5.41) is 6.12. The molecule has 33 heavy (non-hydrogen) atoms. The number of carbonyl (C=O) groups is 3. The number of para-hydroxylation sites is 1. The summed E-state index contributed by atoms with van der Waals surface area (Å²) >= 11 is 7.76. The molecule has 3 amide bonds. The summed E-state index contributed by atoms with van der Waals surface area (Å²) in [7, 11) is 0. The van der Waals surface area contributed by atoms with Gasteiger partial charge >= 0.3 is 11.8 Å². The van der Waals surface area contributed by atoms with Gasteiger partial charge in [-0.2, -0.15) is 5.10 Å². The van der Waals surface area contributed by atoms with Crippen LogP contribution >= 0.6 is 22.9 Å². The standard InChI is InChI=1S/C23H24ClN5O3S/c1-15-16-14-19(33-23(16)29(25-15)18-7-3-2-6-17(18)24)20(30)27-10-12-28(13-11-27)22(32)21(31)26-8-4-5-9-26/h2-3,6-7,14H,4-5,8-13H2,1H3. The van der Waals surface area contributed by atoms with Crippen molar-refractivity contribution in [2.45, 2.75) is 19.8 Å². The molecule has 10 heteroatoms. The highest BCUT2D eigenvalue weighted by Crippen LogP contribution is 2.33. The van der Waals surface area contributed by atoms with Gasteiger partial charge in [0.15, 0.2) is 0 Å². The fourth-order valence-corrected chi connectivity index (χ4v) is 5.76. The van der Waals surface area contributed by atoms with Crippen LogP contribution in [0.2, 0.25) is 5.02 Å². The number of piperazine rings is 1. The van der Waals surface area contributed by atoms with Crippen molar-refractivity contribution < 1.29 is 14.4 Å². The monoisotopic (exact) mass is 485 g/mol. The molecule has 2 aromatic heterocycles. The lowest BCUT2D eigenvalue weighted by Crippen LogP contribution is -2.54. The summed E-state index contributed by atoms with van der Waals surface area (Å²) in [6, 6.07) is 9.36. The van der Waals surface area contributed by atoms with Crippen LogP contribution in [0.25, 0.3) is 15.9 Å². The number of amides is 3. The Morgan fingerprint density at radius 1 is 0.909 bits per heavy atom. The molecule has 0 unspecified atom stereocenters. The van der Waals surface area contributed by atoms with Crippen LogP contribution in [-0.4, -0.2) is 81.5 Å². The van der Waals surface area contributed by atoms with Crippen molar-refractivity contribution >= 4 is 50.9 Å². The maximum Gasteiger partial charge on any atom is 0.312 e. The zero-order valence-corrected chi connectivity index (χ0v) is 19.9. The third kappa shape index (κ3) is 4.00. The van der Waals surface area contributed by atoms with E-state index >= 15 is 0 Å². The average molecular weight is 486 g/mol. The lowest BCUT2D eigenvalue weighted by molar-refractivity contribution is -0.152. The van der Waals surface area contributed by atoms with E-state index in [1.807, 2.05) is 37.3 Å². The molecule has 2 fully saturated rings. The molecule has 5 rings (SSSR count). The summed E-state index contributed by atoms with van der Waals surface area (Å²) in [6.07, 6.45) is 1.90. The number of benzene rings is 1. The lowest BCUT2D eigenvalue weighted by atomic mass is 10.2. The van der Waals surface area contributed by atoms with Crippen LogP contribution in [0.1, 0.15) is 28.2 Å². The second-order valence-electron chi connectivity index (χ2n) is 8.36. The number of hydrogen-bond acceptors (Lipinski definition) is 5. The summed E-state index contributed by atoms with van der Waals surface area (Å²) < 4.78 is 1.79. The van der Waals surface area contributed by atoms with Gasteiger partial charge in [0.05, 0.1) is 21.3 Å². The molecule has 8 nitrogen and oxygen atoms in total. The van der Waals surface area contributed by atoms with Crippen LogP contribution in [0, 0.1) is 6.92 Å². The quantitative estimate of drug-likeness (QED) is 0.523. The highest BCUT2D eigenvalue weighted by molar-refractivity contribution is 7.20. The van der Waals surface area contributed by atoms with Crippen LogP contribution in [0.3, 0.4) is 0 Å². The fraction of sp³-hybridized carbons (Fsp3) is 0.391. The Balaban J connectivity index is 1.30. The third-order valence-corrected chi connectivity index (χ3v) is 7.68. The molecule has 0 saturated carbocycles. The number of carbonyl (C=O) groups excluding carboxylic acids is 3. The van der Waals surface area contributed by atoms with Crippen LogP contribution in [-0.2, 0) is 9.59 Å². The number of rotatable bonds is 2. The molecule has 172 valence electrons. The predicted molar refractivity (Wildman–Crippen MR) is 127 cm³/mol. The Hall–Kier alpha value is -2.91. The zero-order chi connectivity index (χ0) is 23.1. The topological polar surface area (TPSA) is 78.8 Å². The summed E-state index contributed by atoms with van der Waals surface area (Å²) in [5.41, 5.74) is 1.60. The highest BCUT2D eigenvalue weighted by atomic mass is 35.5. The van der Waals surface area contributed by atoms with Crippen molar-refractivity contribution in [3.8, 4) is 5.69 Å². The number of fused-ring (bicyclic) bond motifs is 1. The Labute approximate surface area is 200 Å². The number of thiophene rings is 1. The Morgan fingerprint density at radius 3 is 2.18 bits per heavy atom. The number of aromatic nitrogens is 2. The van der Waals surface area contributed by atoms with Gasteiger partial charge in [0, 0.05) is 44.7 Å². The van der Waals surface area contributed by atoms with Crippen LogP contribution < -0.4 is 0 Å². The highest BCUT2D eigenvalue weighted by Gasteiger charge is 2.32. The first-order valence-electron chi connectivity index (χ1n) is 11.1. The number of nitrogens with zero attached hydrogens (tertiary/aromatic N) is 5. The first-order valence-corrected chi connectivity index (χ1v) is 12.2. The molecule has 3 aromatic rings. The van der Waals surface area contributed by atoms with E-state index in [0.29, 0.717) is 49.2 Å². The van der Waals surface area contributed by atoms with Crippen LogP contribution in [0.5, 0.6) is 0 Å². The Morgan fingerprint density at radius 2 is 1.52 bits per heavy atom. The van der Waals surface area contributed by atoms with Crippen LogP contribution in [0.15, 0.2) is 30.3 Å². The number of aryl methyl sites for hydroxylation is 1. The average Bonchev–Trinajstić information content (AvgIpc) is 3.57. The van der Waals surface area contributed by atoms with Crippen molar-refractivity contribution in [3.05, 3.63) is 45.9 Å². The minimum atomic E-state index is -0.457. The van der Waals surface area contributed by atoms with Crippen molar-refractivity contribution in [2.24, 2.45) is 0 Å². The van der Waals surface area contributed by atoms with Gasteiger partial charge in [-0.1, -0.05) is 23.7 Å². The first kappa shape index (κ1) is 21.9. The van der Waals surface area contributed by atoms with E-state index in [0.717, 1.165) is 34.4 Å². The van der Waals surface area contributed by atoms with Crippen molar-refractivity contribution in [1.82, 2.24) is 24.5 Å². The zero-order valence-electron chi connectivity index (χ0n) is 18.3. The molecular weight excluding hydrogens is 462 g/mol. The van der Waals surface area contributed by atoms with Crippen molar-refractivity contribution in [1.29, 1.82) is 0 Å². The van der Waals surface area contributed by atoms with E-state index in [-0.39, 0.29) is 5.91 Å². The van der Waals surface area contributed by atoms with E-state index in [1.54, 1.807) is 19.4 Å². The molecular formula is C23H24ClN5O3S. The summed E-state index contributed by atoms with van der Waals surface area (Å²) in [6.45, 7) is 4.75. The minimum Gasteiger partial charge on any atom is -0.334 e. The minimum absolute atomic E-state index is 0.0701. The number of likely N-dealkylation sites (tertiary alicyclic amines) is 1. The van der Waals surface area contributed by atoms with Gasteiger partial charge in [-0.05, 0) is 38.0 Å². The van der Waals surface area contributed by atoms with Crippen molar-refractivity contribution in [3.63, 3.8) is 0 Å². The summed E-state index contributed by atoms with van der Waals surface area (Å²) in [5.74, 6) is -0.947. The predicted octanol–water partition coefficient (Wildman–Crippen LogP) is 2.96. The molecule has 1 aromatic carbocycles. The van der Waals surface area contributed by atoms with Gasteiger partial charge in [-0.3, -0.25) is 14.4 Å². The molecule has 0 bridgehead atoms. The van der Waals surface area contributed by atoms with Gasteiger partial charge in [0.25, 0.3) is 5.91 Å². The van der Waals surface area contributed by atoms with Gasteiger partial charge < -0.3 is 14.7 Å². The maximum atomic E-state index is 13.2. The molecule has 2 aliphatic heterocycles. The van der Waals surface area contributed by atoms with E-state index in [1.165, 1.54) is 11.3 Å². The first-order chi connectivity index (χ1) is 15.9. The van der Waals surface area contributed by atoms with Gasteiger partial charge in [-0.25, -0.2) is 4.68 Å². The molecule has 0 spiro atoms. The summed E-state index contributed by atoms with van der Waals surface area (Å²) in [4.78, 5) is 44.6. The van der Waals surface area contributed by atoms with E-state index < -0.39 is 11.8 Å². The largest absolute Gasteiger partial charge is 0.334 e. The lowest BCUT2D eigenvalue weighted by Gasteiger charge is -2.34. The van der Waals surface area contributed by atoms with Crippen LogP contribution in [0.4, 0.5) is 0 Å². The maximum absolute atomic E-state index is 13.2. The smallest absolute Gasteiger partial charge is 0.312 e. The Kier molecular flexibility index (Phi) is 5.84. The van der Waals surface area contributed by atoms with Gasteiger partial charge in [0.2, 0.25) is 0 Å². The molecule has 2 aliphatic rings.